The minimum Gasteiger partial charge on any atom is -0.493 e. The zero-order valence-corrected chi connectivity index (χ0v) is 15.4. The Balaban J connectivity index is 1.29. The summed E-state index contributed by atoms with van der Waals surface area (Å²) < 4.78 is 18.8. The van der Waals surface area contributed by atoms with Crippen LogP contribution in [0.15, 0.2) is 48.5 Å². The maximum atomic E-state index is 13.3. The Morgan fingerprint density at radius 2 is 2.04 bits per heavy atom. The molecule has 1 saturated heterocycles. The molecule has 2 aliphatic rings. The van der Waals surface area contributed by atoms with Crippen LogP contribution >= 0.6 is 0 Å². The molecule has 2 aromatic carbocycles. The first-order valence-electron chi connectivity index (χ1n) is 9.64. The summed E-state index contributed by atoms with van der Waals surface area (Å²) in [5.74, 6) is 1.36. The second-order valence-electron chi connectivity index (χ2n) is 7.40. The van der Waals surface area contributed by atoms with E-state index in [1.165, 1.54) is 11.6 Å². The van der Waals surface area contributed by atoms with Crippen LogP contribution in [0.3, 0.4) is 0 Å². The summed E-state index contributed by atoms with van der Waals surface area (Å²) >= 11 is 0. The van der Waals surface area contributed by atoms with E-state index in [1.54, 1.807) is 18.2 Å². The van der Waals surface area contributed by atoms with E-state index in [-0.39, 0.29) is 11.7 Å². The number of hydrogen-bond donors (Lipinski definition) is 0. The van der Waals surface area contributed by atoms with E-state index < -0.39 is 0 Å². The predicted octanol–water partition coefficient (Wildman–Crippen LogP) is 4.26. The van der Waals surface area contributed by atoms with E-state index in [1.807, 2.05) is 29.2 Å². The number of halogens is 1. The Morgan fingerprint density at radius 3 is 2.85 bits per heavy atom. The molecular formula is C23H24FNO2. The van der Waals surface area contributed by atoms with Gasteiger partial charge in [-0.1, -0.05) is 18.2 Å². The van der Waals surface area contributed by atoms with Crippen molar-refractivity contribution in [2.24, 2.45) is 5.92 Å². The largest absolute Gasteiger partial charge is 0.493 e. The number of carbonyl (C=O) groups excluding carboxylic acids is 1. The van der Waals surface area contributed by atoms with Crippen LogP contribution in [0.4, 0.5) is 4.39 Å². The number of nitrogens with zero attached hydrogens (tertiary/aromatic N) is 1. The van der Waals surface area contributed by atoms with Crippen LogP contribution in [0.5, 0.6) is 5.75 Å². The fraction of sp³-hybridized carbons (Fsp3) is 0.348. The molecule has 4 heteroatoms. The molecule has 0 spiro atoms. The van der Waals surface area contributed by atoms with Gasteiger partial charge in [-0.05, 0) is 72.2 Å². The number of rotatable bonds is 4. The van der Waals surface area contributed by atoms with E-state index >= 15 is 0 Å². The van der Waals surface area contributed by atoms with Crippen LogP contribution in [0.1, 0.15) is 29.5 Å². The molecule has 4 rings (SSSR count). The molecule has 0 bridgehead atoms. The monoisotopic (exact) mass is 365 g/mol. The van der Waals surface area contributed by atoms with Gasteiger partial charge in [0.15, 0.2) is 0 Å². The maximum Gasteiger partial charge on any atom is 0.246 e. The molecule has 0 aliphatic carbocycles. The van der Waals surface area contributed by atoms with Crippen molar-refractivity contribution in [2.45, 2.75) is 25.7 Å². The highest BCUT2D eigenvalue weighted by Gasteiger charge is 2.22. The lowest BCUT2D eigenvalue weighted by Gasteiger charge is -2.31. The maximum absolute atomic E-state index is 13.3. The van der Waals surface area contributed by atoms with Gasteiger partial charge in [-0.25, -0.2) is 4.39 Å². The summed E-state index contributed by atoms with van der Waals surface area (Å²) in [4.78, 5) is 14.4. The number of hydrogen-bond acceptors (Lipinski definition) is 2. The molecule has 0 unspecified atom stereocenters. The van der Waals surface area contributed by atoms with Crippen LogP contribution in [0.2, 0.25) is 0 Å². The summed E-state index contributed by atoms with van der Waals surface area (Å²) in [6.07, 6.45) is 7.30. The van der Waals surface area contributed by atoms with E-state index in [4.69, 9.17) is 4.74 Å². The Labute approximate surface area is 159 Å². The Kier molecular flexibility index (Phi) is 5.23. The fourth-order valence-electron chi connectivity index (χ4n) is 3.94. The van der Waals surface area contributed by atoms with Crippen molar-refractivity contribution >= 4 is 12.0 Å². The molecule has 2 heterocycles. The topological polar surface area (TPSA) is 29.5 Å². The highest BCUT2D eigenvalue weighted by atomic mass is 19.1. The van der Waals surface area contributed by atoms with Crippen molar-refractivity contribution < 1.29 is 13.9 Å². The third kappa shape index (κ3) is 4.38. The molecule has 1 amide bonds. The molecule has 3 nitrogen and oxygen atoms in total. The van der Waals surface area contributed by atoms with E-state index in [0.29, 0.717) is 5.92 Å². The smallest absolute Gasteiger partial charge is 0.246 e. The standard InChI is InChI=1S/C23H24FNO2/c24-21-3-1-2-19(16-21)14-18-8-11-25(12-9-18)23(26)7-5-17-4-6-22-20(15-17)10-13-27-22/h1-7,15-16,18H,8-14H2. The fourth-order valence-corrected chi connectivity index (χ4v) is 3.94. The number of carbonyl (C=O) groups is 1. The van der Waals surface area contributed by atoms with Gasteiger partial charge in [0.1, 0.15) is 11.6 Å². The van der Waals surface area contributed by atoms with Gasteiger partial charge in [-0.15, -0.1) is 0 Å². The van der Waals surface area contributed by atoms with E-state index in [2.05, 4.69) is 6.07 Å². The summed E-state index contributed by atoms with van der Waals surface area (Å²) in [6.45, 7) is 2.27. The molecule has 0 saturated carbocycles. The van der Waals surface area contributed by atoms with Crippen LogP contribution in [-0.2, 0) is 17.6 Å². The predicted molar refractivity (Wildman–Crippen MR) is 104 cm³/mol. The van der Waals surface area contributed by atoms with Crippen molar-refractivity contribution in [2.75, 3.05) is 19.7 Å². The molecule has 1 fully saturated rings. The zero-order valence-electron chi connectivity index (χ0n) is 15.4. The van der Waals surface area contributed by atoms with E-state index in [0.717, 1.165) is 62.3 Å². The van der Waals surface area contributed by atoms with Gasteiger partial charge in [0.2, 0.25) is 5.91 Å². The highest BCUT2D eigenvalue weighted by molar-refractivity contribution is 5.91. The minimum atomic E-state index is -0.177. The van der Waals surface area contributed by atoms with Crippen molar-refractivity contribution in [1.82, 2.24) is 4.90 Å². The number of amides is 1. The lowest BCUT2D eigenvalue weighted by molar-refractivity contribution is -0.127. The third-order valence-corrected chi connectivity index (χ3v) is 5.47. The first-order chi connectivity index (χ1) is 13.2. The van der Waals surface area contributed by atoms with Crippen LogP contribution < -0.4 is 4.74 Å². The zero-order chi connectivity index (χ0) is 18.6. The summed E-state index contributed by atoms with van der Waals surface area (Å²) in [5, 5.41) is 0. The van der Waals surface area contributed by atoms with E-state index in [9.17, 15) is 9.18 Å². The summed E-state index contributed by atoms with van der Waals surface area (Å²) in [6, 6.07) is 12.9. The van der Waals surface area contributed by atoms with Crippen LogP contribution in [0.25, 0.3) is 6.08 Å². The van der Waals surface area contributed by atoms with Gasteiger partial charge in [-0.3, -0.25) is 4.79 Å². The Hall–Kier alpha value is -2.62. The molecule has 0 atom stereocenters. The van der Waals surface area contributed by atoms with Crippen molar-refractivity contribution in [3.8, 4) is 5.75 Å². The lowest BCUT2D eigenvalue weighted by Crippen LogP contribution is -2.37. The highest BCUT2D eigenvalue weighted by Crippen LogP contribution is 2.26. The average Bonchev–Trinajstić information content (AvgIpc) is 3.14. The summed E-state index contributed by atoms with van der Waals surface area (Å²) in [5.41, 5.74) is 3.29. The number of ether oxygens (including phenoxy) is 1. The first-order valence-corrected chi connectivity index (χ1v) is 9.64. The van der Waals surface area contributed by atoms with Crippen LogP contribution in [-0.4, -0.2) is 30.5 Å². The Morgan fingerprint density at radius 1 is 1.19 bits per heavy atom. The molecule has 27 heavy (non-hydrogen) atoms. The summed E-state index contributed by atoms with van der Waals surface area (Å²) in [7, 11) is 0. The van der Waals surface area contributed by atoms with Gasteiger partial charge in [0, 0.05) is 25.6 Å². The normalized spacial score (nSPS) is 17.1. The van der Waals surface area contributed by atoms with Gasteiger partial charge in [-0.2, -0.15) is 0 Å². The molecule has 2 aliphatic heterocycles. The molecular weight excluding hydrogens is 341 g/mol. The second kappa shape index (κ2) is 7.95. The molecule has 140 valence electrons. The molecule has 0 radical (unpaired) electrons. The third-order valence-electron chi connectivity index (χ3n) is 5.47. The molecule has 2 aromatic rings. The number of likely N-dealkylation sites (tertiary alicyclic amines) is 1. The van der Waals surface area contributed by atoms with Gasteiger partial charge < -0.3 is 9.64 Å². The van der Waals surface area contributed by atoms with Crippen molar-refractivity contribution in [1.29, 1.82) is 0 Å². The lowest BCUT2D eigenvalue weighted by atomic mass is 9.90. The minimum absolute atomic E-state index is 0.0657. The second-order valence-corrected chi connectivity index (χ2v) is 7.40. The van der Waals surface area contributed by atoms with Gasteiger partial charge in [0.05, 0.1) is 6.61 Å². The molecule has 0 aromatic heterocycles. The van der Waals surface area contributed by atoms with Gasteiger partial charge in [0.25, 0.3) is 0 Å². The SMILES string of the molecule is O=C(C=Cc1ccc2c(c1)CCO2)N1CCC(Cc2cccc(F)c2)CC1. The van der Waals surface area contributed by atoms with Crippen molar-refractivity contribution in [3.05, 3.63) is 71.0 Å². The van der Waals surface area contributed by atoms with Crippen molar-refractivity contribution in [3.63, 3.8) is 0 Å². The average molecular weight is 365 g/mol. The van der Waals surface area contributed by atoms with Crippen LogP contribution in [0, 0.1) is 11.7 Å². The number of piperidine rings is 1. The number of fused-ring (bicyclic) bond motifs is 1. The Bertz CT molecular complexity index is 853. The van der Waals surface area contributed by atoms with Gasteiger partial charge >= 0.3 is 0 Å². The quantitative estimate of drug-likeness (QED) is 0.758. The molecule has 0 N–H and O–H groups in total. The first kappa shape index (κ1) is 17.8. The number of benzene rings is 2.